The Kier molecular flexibility index (Phi) is 6.06. The molecule has 0 fully saturated rings. The van der Waals surface area contributed by atoms with Gasteiger partial charge in [-0.05, 0) is 37.8 Å². The van der Waals surface area contributed by atoms with Crippen molar-refractivity contribution in [2.45, 2.75) is 58.6 Å². The Morgan fingerprint density at radius 1 is 1.24 bits per heavy atom. The average molecular weight is 235 g/mol. The predicted molar refractivity (Wildman–Crippen MR) is 73.4 cm³/mol. The molecule has 0 amide bonds. The fraction of sp³-hybridized carbons (Fsp3) is 0.600. The molecule has 2 unspecified atom stereocenters. The van der Waals surface area contributed by atoms with Gasteiger partial charge in [-0.3, -0.25) is 0 Å². The molecule has 0 spiro atoms. The zero-order valence-corrected chi connectivity index (χ0v) is 11.3. The minimum absolute atomic E-state index is 0.223. The molecule has 0 saturated heterocycles. The van der Waals surface area contributed by atoms with E-state index in [0.717, 1.165) is 31.4 Å². The first-order valence-electron chi connectivity index (χ1n) is 6.67. The van der Waals surface area contributed by atoms with E-state index in [4.69, 9.17) is 10.5 Å². The molecule has 0 aliphatic rings. The number of rotatable bonds is 7. The molecule has 17 heavy (non-hydrogen) atoms. The lowest BCUT2D eigenvalue weighted by atomic mass is 10.0. The van der Waals surface area contributed by atoms with Crippen LogP contribution in [0.15, 0.2) is 24.3 Å². The van der Waals surface area contributed by atoms with E-state index < -0.39 is 0 Å². The van der Waals surface area contributed by atoms with E-state index in [1.807, 2.05) is 12.1 Å². The van der Waals surface area contributed by atoms with Crippen LogP contribution in [0.1, 0.15) is 45.6 Å². The van der Waals surface area contributed by atoms with Gasteiger partial charge in [0.1, 0.15) is 5.75 Å². The maximum absolute atomic E-state index is 6.01. The monoisotopic (exact) mass is 235 g/mol. The second kappa shape index (κ2) is 7.33. The molecule has 0 aliphatic carbocycles. The summed E-state index contributed by atoms with van der Waals surface area (Å²) in [5, 5.41) is 0. The van der Waals surface area contributed by atoms with Crippen molar-refractivity contribution in [3.63, 3.8) is 0 Å². The Labute approximate surface area is 105 Å². The number of para-hydroxylation sites is 1. The zero-order valence-electron chi connectivity index (χ0n) is 11.3. The highest BCUT2D eigenvalue weighted by atomic mass is 16.5. The van der Waals surface area contributed by atoms with Crippen LogP contribution in [0.25, 0.3) is 0 Å². The summed E-state index contributed by atoms with van der Waals surface area (Å²) in [6.07, 6.45) is 4.41. The van der Waals surface area contributed by atoms with Crippen molar-refractivity contribution in [2.24, 2.45) is 5.73 Å². The van der Waals surface area contributed by atoms with Gasteiger partial charge in [-0.15, -0.1) is 0 Å². The van der Waals surface area contributed by atoms with E-state index in [1.165, 1.54) is 5.56 Å². The maximum atomic E-state index is 6.01. The van der Waals surface area contributed by atoms with Crippen LogP contribution in [0, 0.1) is 0 Å². The van der Waals surface area contributed by atoms with Gasteiger partial charge in [-0.1, -0.05) is 38.5 Å². The van der Waals surface area contributed by atoms with Gasteiger partial charge in [0.15, 0.2) is 0 Å². The quantitative estimate of drug-likeness (QED) is 0.784. The predicted octanol–water partition coefficient (Wildman–Crippen LogP) is 3.53. The molecule has 0 saturated carbocycles. The number of hydrogen-bond acceptors (Lipinski definition) is 2. The van der Waals surface area contributed by atoms with E-state index >= 15 is 0 Å². The van der Waals surface area contributed by atoms with Gasteiger partial charge in [0.2, 0.25) is 0 Å². The molecule has 2 atom stereocenters. The van der Waals surface area contributed by atoms with E-state index in [9.17, 15) is 0 Å². The molecule has 0 aliphatic heterocycles. The molecule has 0 bridgehead atoms. The lowest BCUT2D eigenvalue weighted by Gasteiger charge is -2.18. The lowest BCUT2D eigenvalue weighted by molar-refractivity contribution is 0.207. The third kappa shape index (κ3) is 4.78. The van der Waals surface area contributed by atoms with E-state index in [1.54, 1.807) is 0 Å². The summed E-state index contributed by atoms with van der Waals surface area (Å²) in [7, 11) is 0. The number of ether oxygens (including phenoxy) is 1. The van der Waals surface area contributed by atoms with Crippen LogP contribution in [0.4, 0.5) is 0 Å². The first kappa shape index (κ1) is 14.0. The fourth-order valence-electron chi connectivity index (χ4n) is 1.90. The highest BCUT2D eigenvalue weighted by molar-refractivity contribution is 5.34. The van der Waals surface area contributed by atoms with Crippen LogP contribution in [0.3, 0.4) is 0 Å². The second-order valence-electron chi connectivity index (χ2n) is 4.70. The van der Waals surface area contributed by atoms with Crippen molar-refractivity contribution in [3.8, 4) is 5.75 Å². The number of hydrogen-bond donors (Lipinski definition) is 1. The zero-order chi connectivity index (χ0) is 12.7. The third-order valence-electron chi connectivity index (χ3n) is 3.00. The van der Waals surface area contributed by atoms with Crippen molar-refractivity contribution in [2.75, 3.05) is 0 Å². The molecule has 2 N–H and O–H groups in total. The average Bonchev–Trinajstić information content (AvgIpc) is 2.31. The highest BCUT2D eigenvalue weighted by Crippen LogP contribution is 2.22. The molecular formula is C15H25NO. The molecule has 1 aromatic carbocycles. The molecule has 1 aromatic rings. The van der Waals surface area contributed by atoms with Crippen LogP contribution in [-0.4, -0.2) is 12.1 Å². The van der Waals surface area contributed by atoms with Gasteiger partial charge in [-0.2, -0.15) is 0 Å². The lowest BCUT2D eigenvalue weighted by Crippen LogP contribution is -2.22. The standard InChI is InChI=1S/C15H25NO/c1-4-8-12(3)17-15-10-7-6-9-13(15)11-14(16)5-2/h6-7,9-10,12,14H,4-5,8,11,16H2,1-3H3. The summed E-state index contributed by atoms with van der Waals surface area (Å²) in [6, 6.07) is 8.46. The Bertz CT molecular complexity index is 324. The minimum atomic E-state index is 0.223. The first-order valence-corrected chi connectivity index (χ1v) is 6.67. The van der Waals surface area contributed by atoms with Crippen molar-refractivity contribution >= 4 is 0 Å². The summed E-state index contributed by atoms with van der Waals surface area (Å²) < 4.78 is 5.98. The first-order chi connectivity index (χ1) is 8.17. The van der Waals surface area contributed by atoms with Gasteiger partial charge < -0.3 is 10.5 Å². The molecule has 0 heterocycles. The SMILES string of the molecule is CCCC(C)Oc1ccccc1CC(N)CC. The van der Waals surface area contributed by atoms with Crippen molar-refractivity contribution in [1.82, 2.24) is 0 Å². The topological polar surface area (TPSA) is 35.2 Å². The van der Waals surface area contributed by atoms with Crippen LogP contribution < -0.4 is 10.5 Å². The third-order valence-corrected chi connectivity index (χ3v) is 3.00. The van der Waals surface area contributed by atoms with Gasteiger partial charge >= 0.3 is 0 Å². The van der Waals surface area contributed by atoms with Gasteiger partial charge in [0, 0.05) is 6.04 Å². The van der Waals surface area contributed by atoms with Crippen molar-refractivity contribution < 1.29 is 4.74 Å². The van der Waals surface area contributed by atoms with Crippen molar-refractivity contribution in [3.05, 3.63) is 29.8 Å². The Hall–Kier alpha value is -1.02. The Morgan fingerprint density at radius 3 is 2.59 bits per heavy atom. The highest BCUT2D eigenvalue weighted by Gasteiger charge is 2.09. The normalized spacial score (nSPS) is 14.4. The smallest absolute Gasteiger partial charge is 0.122 e. The van der Waals surface area contributed by atoms with Crippen LogP contribution >= 0.6 is 0 Å². The van der Waals surface area contributed by atoms with Crippen LogP contribution in [0.5, 0.6) is 5.75 Å². The molecule has 1 rings (SSSR count). The molecule has 2 nitrogen and oxygen atoms in total. The molecule has 0 aromatic heterocycles. The summed E-state index contributed by atoms with van der Waals surface area (Å²) >= 11 is 0. The molecule has 96 valence electrons. The molecule has 2 heteroatoms. The van der Waals surface area contributed by atoms with Gasteiger partial charge in [0.25, 0.3) is 0 Å². The summed E-state index contributed by atoms with van der Waals surface area (Å²) in [5.74, 6) is 0.998. The largest absolute Gasteiger partial charge is 0.490 e. The summed E-state index contributed by atoms with van der Waals surface area (Å²) in [5.41, 5.74) is 7.23. The van der Waals surface area contributed by atoms with Gasteiger partial charge in [-0.25, -0.2) is 0 Å². The van der Waals surface area contributed by atoms with E-state index in [0.29, 0.717) is 0 Å². The maximum Gasteiger partial charge on any atom is 0.122 e. The Balaban J connectivity index is 2.70. The summed E-state index contributed by atoms with van der Waals surface area (Å²) in [4.78, 5) is 0. The van der Waals surface area contributed by atoms with Crippen LogP contribution in [0.2, 0.25) is 0 Å². The van der Waals surface area contributed by atoms with E-state index in [-0.39, 0.29) is 12.1 Å². The van der Waals surface area contributed by atoms with Gasteiger partial charge in [0.05, 0.1) is 6.10 Å². The number of benzene rings is 1. The minimum Gasteiger partial charge on any atom is -0.490 e. The number of nitrogens with two attached hydrogens (primary N) is 1. The second-order valence-corrected chi connectivity index (χ2v) is 4.70. The molecular weight excluding hydrogens is 210 g/mol. The Morgan fingerprint density at radius 2 is 1.94 bits per heavy atom. The fourth-order valence-corrected chi connectivity index (χ4v) is 1.90. The molecule has 0 radical (unpaired) electrons. The van der Waals surface area contributed by atoms with Crippen molar-refractivity contribution in [1.29, 1.82) is 0 Å². The van der Waals surface area contributed by atoms with Crippen LogP contribution in [-0.2, 0) is 6.42 Å². The summed E-state index contributed by atoms with van der Waals surface area (Å²) in [6.45, 7) is 6.42. The van der Waals surface area contributed by atoms with E-state index in [2.05, 4.69) is 32.9 Å².